The summed E-state index contributed by atoms with van der Waals surface area (Å²) >= 11 is 0. The predicted molar refractivity (Wildman–Crippen MR) is 115 cm³/mol. The minimum Gasteiger partial charge on any atom is -0.489 e. The molecule has 0 aliphatic heterocycles. The number of ether oxygens (including phenoxy) is 3. The zero-order chi connectivity index (χ0) is 21.5. The van der Waals surface area contributed by atoms with Gasteiger partial charge in [0.25, 0.3) is 0 Å². The van der Waals surface area contributed by atoms with Crippen molar-refractivity contribution in [3.8, 4) is 17.4 Å². The van der Waals surface area contributed by atoms with Gasteiger partial charge in [-0.3, -0.25) is 0 Å². The fraction of sp³-hybridized carbons (Fsp3) is 0.240. The summed E-state index contributed by atoms with van der Waals surface area (Å²) in [6.45, 7) is -1.94. The third-order valence-corrected chi connectivity index (χ3v) is 4.81. The third kappa shape index (κ3) is 6.54. The summed E-state index contributed by atoms with van der Waals surface area (Å²) in [5.41, 5.74) is 2.79. The van der Waals surface area contributed by atoms with Gasteiger partial charge >= 0.3 is 6.61 Å². The molecule has 1 fully saturated rings. The van der Waals surface area contributed by atoms with E-state index in [1.54, 1.807) is 18.3 Å². The highest BCUT2D eigenvalue weighted by atomic mass is 19.3. The van der Waals surface area contributed by atoms with E-state index in [0.29, 0.717) is 30.8 Å². The van der Waals surface area contributed by atoms with Gasteiger partial charge in [-0.15, -0.1) is 0 Å². The van der Waals surface area contributed by atoms with E-state index < -0.39 is 6.61 Å². The smallest absolute Gasteiger partial charge is 0.387 e. The molecule has 0 unspecified atom stereocenters. The van der Waals surface area contributed by atoms with Crippen LogP contribution in [0.25, 0.3) is 12.2 Å². The summed E-state index contributed by atoms with van der Waals surface area (Å²) in [6.07, 6.45) is 7.70. The molecular weight excluding hydrogens is 400 g/mol. The summed E-state index contributed by atoms with van der Waals surface area (Å²) in [7, 11) is 0. The Balaban J connectivity index is 1.43. The van der Waals surface area contributed by atoms with Gasteiger partial charge in [-0.05, 0) is 53.6 Å². The van der Waals surface area contributed by atoms with E-state index in [4.69, 9.17) is 9.47 Å². The Labute approximate surface area is 180 Å². The molecule has 0 amide bonds. The van der Waals surface area contributed by atoms with Crippen molar-refractivity contribution in [2.45, 2.75) is 26.1 Å². The van der Waals surface area contributed by atoms with Crippen molar-refractivity contribution in [1.29, 1.82) is 0 Å². The normalized spacial score (nSPS) is 13.5. The molecule has 4 rings (SSSR count). The van der Waals surface area contributed by atoms with E-state index in [1.165, 1.54) is 6.07 Å². The second-order valence-electron chi connectivity index (χ2n) is 7.37. The number of hydrogen-bond acceptors (Lipinski definition) is 4. The third-order valence-electron chi connectivity index (χ3n) is 4.81. The molecule has 1 heterocycles. The Hall–Kier alpha value is -3.41. The molecule has 1 aromatic heterocycles. The van der Waals surface area contributed by atoms with Crippen LogP contribution in [0.1, 0.15) is 29.5 Å². The maximum Gasteiger partial charge on any atom is 0.387 e. The molecule has 3 aromatic rings. The van der Waals surface area contributed by atoms with Gasteiger partial charge in [0.1, 0.15) is 6.61 Å². The summed E-state index contributed by atoms with van der Waals surface area (Å²) in [6, 6.07) is 18.5. The molecule has 0 N–H and O–H groups in total. The first-order valence-electron chi connectivity index (χ1n) is 10.2. The van der Waals surface area contributed by atoms with E-state index in [2.05, 4.69) is 9.72 Å². The van der Waals surface area contributed by atoms with Gasteiger partial charge < -0.3 is 14.2 Å². The molecule has 0 atom stereocenters. The van der Waals surface area contributed by atoms with Crippen LogP contribution in [-0.2, 0) is 6.61 Å². The van der Waals surface area contributed by atoms with Crippen LogP contribution in [0.2, 0.25) is 0 Å². The van der Waals surface area contributed by atoms with E-state index >= 15 is 0 Å². The van der Waals surface area contributed by atoms with Crippen molar-refractivity contribution in [2.75, 3.05) is 6.61 Å². The number of benzene rings is 2. The molecule has 4 nitrogen and oxygen atoms in total. The fourth-order valence-corrected chi connectivity index (χ4v) is 2.96. The number of hydrogen-bond donors (Lipinski definition) is 0. The van der Waals surface area contributed by atoms with Crippen molar-refractivity contribution in [3.63, 3.8) is 0 Å². The average Bonchev–Trinajstić information content (AvgIpc) is 3.61. The molecule has 0 radical (unpaired) electrons. The molecule has 1 aliphatic carbocycles. The number of pyridine rings is 1. The second-order valence-corrected chi connectivity index (χ2v) is 7.37. The van der Waals surface area contributed by atoms with Crippen LogP contribution in [0.5, 0.6) is 17.4 Å². The standard InChI is InChI=1S/C25H23F2NO3/c26-25(27)31-22-11-10-18(14-23(22)29-16-21-8-9-21)6-7-19-12-13-28-24(15-19)30-17-20-4-2-1-3-5-20/h1-7,10-15,21,25H,8-9,16-17H2/b7-6+. The second kappa shape index (κ2) is 10.1. The molecule has 1 aliphatic rings. The zero-order valence-corrected chi connectivity index (χ0v) is 16.9. The minimum absolute atomic E-state index is 0.0494. The van der Waals surface area contributed by atoms with Crippen molar-refractivity contribution in [2.24, 2.45) is 5.92 Å². The Morgan fingerprint density at radius 1 is 0.903 bits per heavy atom. The van der Waals surface area contributed by atoms with Gasteiger partial charge in [0.15, 0.2) is 11.5 Å². The molecule has 2 aromatic carbocycles. The first kappa shape index (κ1) is 20.8. The highest BCUT2D eigenvalue weighted by molar-refractivity contribution is 5.71. The van der Waals surface area contributed by atoms with E-state index in [-0.39, 0.29) is 5.75 Å². The number of aromatic nitrogens is 1. The monoisotopic (exact) mass is 423 g/mol. The van der Waals surface area contributed by atoms with Gasteiger partial charge in [0, 0.05) is 12.3 Å². The Morgan fingerprint density at radius 2 is 1.68 bits per heavy atom. The van der Waals surface area contributed by atoms with Gasteiger partial charge in [0.05, 0.1) is 6.61 Å². The molecule has 31 heavy (non-hydrogen) atoms. The summed E-state index contributed by atoms with van der Waals surface area (Å²) < 4.78 is 41.4. The van der Waals surface area contributed by atoms with Crippen molar-refractivity contribution in [3.05, 3.63) is 83.6 Å². The van der Waals surface area contributed by atoms with Crippen LogP contribution in [0.3, 0.4) is 0 Å². The zero-order valence-electron chi connectivity index (χ0n) is 16.9. The Bertz CT molecular complexity index is 1020. The first-order chi connectivity index (χ1) is 15.2. The van der Waals surface area contributed by atoms with Gasteiger partial charge in [-0.2, -0.15) is 8.78 Å². The van der Waals surface area contributed by atoms with Crippen LogP contribution >= 0.6 is 0 Å². The highest BCUT2D eigenvalue weighted by Crippen LogP contribution is 2.34. The first-order valence-corrected chi connectivity index (χ1v) is 10.2. The van der Waals surface area contributed by atoms with Crippen LogP contribution in [-0.4, -0.2) is 18.2 Å². The van der Waals surface area contributed by atoms with Crippen molar-refractivity contribution < 1.29 is 23.0 Å². The Kier molecular flexibility index (Phi) is 6.77. The highest BCUT2D eigenvalue weighted by Gasteiger charge is 2.23. The molecule has 0 spiro atoms. The van der Waals surface area contributed by atoms with Crippen LogP contribution < -0.4 is 14.2 Å². The maximum absolute atomic E-state index is 12.7. The van der Waals surface area contributed by atoms with Crippen molar-refractivity contribution >= 4 is 12.2 Å². The lowest BCUT2D eigenvalue weighted by Gasteiger charge is -2.12. The van der Waals surface area contributed by atoms with E-state index in [1.807, 2.05) is 54.6 Å². The lowest BCUT2D eigenvalue weighted by atomic mass is 10.1. The lowest BCUT2D eigenvalue weighted by Crippen LogP contribution is -2.06. The molecule has 6 heteroatoms. The topological polar surface area (TPSA) is 40.6 Å². The van der Waals surface area contributed by atoms with Gasteiger partial charge in [-0.25, -0.2) is 4.98 Å². The van der Waals surface area contributed by atoms with E-state index in [0.717, 1.165) is 29.5 Å². The quantitative estimate of drug-likeness (QED) is 0.388. The SMILES string of the molecule is FC(F)Oc1ccc(/C=C/c2ccnc(OCc3ccccc3)c2)cc1OCC1CC1. The molecule has 160 valence electrons. The minimum atomic E-state index is -2.89. The lowest BCUT2D eigenvalue weighted by molar-refractivity contribution is -0.0515. The number of nitrogens with zero attached hydrogens (tertiary/aromatic N) is 1. The fourth-order valence-electron chi connectivity index (χ4n) is 2.96. The summed E-state index contributed by atoms with van der Waals surface area (Å²) in [5.74, 6) is 1.41. The number of rotatable bonds is 10. The van der Waals surface area contributed by atoms with Crippen LogP contribution in [0.4, 0.5) is 8.78 Å². The largest absolute Gasteiger partial charge is 0.489 e. The number of halogens is 2. The molecule has 0 saturated heterocycles. The summed E-state index contributed by atoms with van der Waals surface area (Å²) in [4.78, 5) is 4.25. The van der Waals surface area contributed by atoms with Crippen LogP contribution in [0.15, 0.2) is 66.9 Å². The molecular formula is C25H23F2NO3. The average molecular weight is 423 g/mol. The number of alkyl halides is 2. The summed E-state index contributed by atoms with van der Waals surface area (Å²) in [5, 5.41) is 0. The van der Waals surface area contributed by atoms with Gasteiger partial charge in [-0.1, -0.05) is 48.6 Å². The van der Waals surface area contributed by atoms with Crippen molar-refractivity contribution in [1.82, 2.24) is 4.98 Å². The van der Waals surface area contributed by atoms with Crippen LogP contribution in [0, 0.1) is 5.92 Å². The van der Waals surface area contributed by atoms with E-state index in [9.17, 15) is 8.78 Å². The maximum atomic E-state index is 12.7. The molecule has 0 bridgehead atoms. The Morgan fingerprint density at radius 3 is 2.42 bits per heavy atom. The molecule has 1 saturated carbocycles. The van der Waals surface area contributed by atoms with Gasteiger partial charge in [0.2, 0.25) is 5.88 Å². The predicted octanol–water partition coefficient (Wildman–Crippen LogP) is 6.22.